The molecule has 0 radical (unpaired) electrons. The maximum absolute atomic E-state index is 11.1. The van der Waals surface area contributed by atoms with E-state index in [1.54, 1.807) is 6.92 Å². The molecule has 1 aromatic rings. The molecule has 2 saturated heterocycles. The molecule has 3 rings (SSSR count). The molecule has 0 saturated carbocycles. The third-order valence-electron chi connectivity index (χ3n) is 4.03. The number of nitrogens with zero attached hydrogens (tertiary/aromatic N) is 3. The zero-order chi connectivity index (χ0) is 14.3. The van der Waals surface area contributed by atoms with Crippen molar-refractivity contribution in [2.45, 2.75) is 31.9 Å². The molecule has 1 aromatic heterocycles. The van der Waals surface area contributed by atoms with Gasteiger partial charge in [-0.15, -0.1) is 0 Å². The van der Waals surface area contributed by atoms with Gasteiger partial charge in [0.2, 0.25) is 0 Å². The average molecular weight is 278 g/mol. The molecule has 0 aromatic carbocycles. The molecule has 108 valence electrons. The highest BCUT2D eigenvalue weighted by Gasteiger charge is 2.34. The number of hydrogen-bond donors (Lipinski definition) is 2. The third-order valence-corrected chi connectivity index (χ3v) is 4.03. The lowest BCUT2D eigenvalue weighted by molar-refractivity contribution is -0.0541. The van der Waals surface area contributed by atoms with Gasteiger partial charge in [0.15, 0.2) is 5.82 Å². The van der Waals surface area contributed by atoms with E-state index in [0.29, 0.717) is 24.2 Å². The van der Waals surface area contributed by atoms with Gasteiger partial charge in [0, 0.05) is 12.6 Å². The highest BCUT2D eigenvalue weighted by molar-refractivity contribution is 5.93. The van der Waals surface area contributed by atoms with Crippen molar-refractivity contribution in [2.24, 2.45) is 0 Å². The largest absolute Gasteiger partial charge is 0.477 e. The van der Waals surface area contributed by atoms with Crippen LogP contribution in [0.4, 0.5) is 5.82 Å². The maximum Gasteiger partial charge on any atom is 0.341 e. The van der Waals surface area contributed by atoms with Crippen molar-refractivity contribution in [1.29, 1.82) is 0 Å². The van der Waals surface area contributed by atoms with Crippen molar-refractivity contribution in [1.82, 2.24) is 14.9 Å². The Hall–Kier alpha value is -1.73. The Morgan fingerprint density at radius 2 is 2.30 bits per heavy atom. The number of rotatable bonds is 2. The van der Waals surface area contributed by atoms with E-state index in [1.807, 2.05) is 0 Å². The number of carboxylic acid groups (broad SMARTS) is 1. The number of carboxylic acids is 1. The first kappa shape index (κ1) is 13.3. The summed E-state index contributed by atoms with van der Waals surface area (Å²) >= 11 is 0. The summed E-state index contributed by atoms with van der Waals surface area (Å²) in [4.78, 5) is 21.9. The Morgan fingerprint density at radius 1 is 1.50 bits per heavy atom. The predicted octanol–water partition coefficient (Wildman–Crippen LogP) is 0.601. The van der Waals surface area contributed by atoms with Gasteiger partial charge in [-0.2, -0.15) is 0 Å². The molecule has 2 unspecified atom stereocenters. The lowest BCUT2D eigenvalue weighted by atomic mass is 10.1. The number of ether oxygens (including phenoxy) is 1. The third kappa shape index (κ3) is 2.23. The molecule has 7 nitrogen and oxygen atoms in total. The summed E-state index contributed by atoms with van der Waals surface area (Å²) in [6.45, 7) is 4.13. The lowest BCUT2D eigenvalue weighted by Crippen LogP contribution is -2.43. The van der Waals surface area contributed by atoms with Crippen LogP contribution in [0.15, 0.2) is 0 Å². The van der Waals surface area contributed by atoms with Gasteiger partial charge in [-0.3, -0.25) is 4.90 Å². The summed E-state index contributed by atoms with van der Waals surface area (Å²) in [7, 11) is 0. The fraction of sp³-hybridized carbons (Fsp3) is 0.615. The van der Waals surface area contributed by atoms with Gasteiger partial charge >= 0.3 is 5.97 Å². The summed E-state index contributed by atoms with van der Waals surface area (Å²) in [6, 6.07) is 0.503. The van der Waals surface area contributed by atoms with E-state index in [4.69, 9.17) is 15.6 Å². The monoisotopic (exact) mass is 278 g/mol. The second kappa shape index (κ2) is 4.99. The Labute approximate surface area is 116 Å². The standard InChI is InChI=1S/C13H18N4O3/c1-7-10(13(18)19)11(14)16-12(15-7)9-5-17-4-2-3-8(17)6-20-9/h8-9H,2-6H2,1H3,(H,18,19)(H2,14,15,16). The van der Waals surface area contributed by atoms with Gasteiger partial charge < -0.3 is 15.6 Å². The van der Waals surface area contributed by atoms with Crippen molar-refractivity contribution < 1.29 is 14.6 Å². The van der Waals surface area contributed by atoms with E-state index >= 15 is 0 Å². The first-order valence-corrected chi connectivity index (χ1v) is 6.79. The minimum absolute atomic E-state index is 0.00662. The SMILES string of the molecule is Cc1nc(C2CN3CCCC3CO2)nc(N)c1C(=O)O. The van der Waals surface area contributed by atoms with Crippen LogP contribution in [0.1, 0.15) is 40.8 Å². The molecule has 2 aliphatic rings. The van der Waals surface area contributed by atoms with Crippen LogP contribution in [0.2, 0.25) is 0 Å². The van der Waals surface area contributed by atoms with Crippen LogP contribution in [0.5, 0.6) is 0 Å². The number of nitrogen functional groups attached to an aromatic ring is 1. The Morgan fingerprint density at radius 3 is 3.00 bits per heavy atom. The highest BCUT2D eigenvalue weighted by atomic mass is 16.5. The van der Waals surface area contributed by atoms with E-state index in [-0.39, 0.29) is 17.5 Å². The summed E-state index contributed by atoms with van der Waals surface area (Å²) in [5.74, 6) is -0.613. The van der Waals surface area contributed by atoms with Gasteiger partial charge in [-0.25, -0.2) is 14.8 Å². The molecule has 0 spiro atoms. The number of carbonyl (C=O) groups is 1. The van der Waals surface area contributed by atoms with Crippen molar-refractivity contribution in [3.8, 4) is 0 Å². The summed E-state index contributed by atoms with van der Waals surface area (Å²) in [5, 5.41) is 9.07. The summed E-state index contributed by atoms with van der Waals surface area (Å²) < 4.78 is 5.82. The van der Waals surface area contributed by atoms with Crippen LogP contribution < -0.4 is 5.73 Å². The van der Waals surface area contributed by atoms with Crippen molar-refractivity contribution in [3.63, 3.8) is 0 Å². The molecule has 0 amide bonds. The number of hydrogen-bond acceptors (Lipinski definition) is 6. The van der Waals surface area contributed by atoms with E-state index < -0.39 is 5.97 Å². The van der Waals surface area contributed by atoms with Crippen LogP contribution in [0.3, 0.4) is 0 Å². The topological polar surface area (TPSA) is 102 Å². The minimum Gasteiger partial charge on any atom is -0.477 e. The molecule has 7 heteroatoms. The van der Waals surface area contributed by atoms with Gasteiger partial charge in [0.1, 0.15) is 17.5 Å². The fourth-order valence-corrected chi connectivity index (χ4v) is 3.00. The second-order valence-corrected chi connectivity index (χ2v) is 5.35. The van der Waals surface area contributed by atoms with Crippen LogP contribution in [-0.2, 0) is 4.74 Å². The number of aromatic nitrogens is 2. The fourth-order valence-electron chi connectivity index (χ4n) is 3.00. The van der Waals surface area contributed by atoms with Crippen LogP contribution in [-0.4, -0.2) is 51.7 Å². The molecule has 3 heterocycles. The smallest absolute Gasteiger partial charge is 0.341 e. The minimum atomic E-state index is -1.10. The van der Waals surface area contributed by atoms with Crippen LogP contribution in [0.25, 0.3) is 0 Å². The normalized spacial score (nSPS) is 26.4. The highest BCUT2D eigenvalue weighted by Crippen LogP contribution is 2.29. The number of fused-ring (bicyclic) bond motifs is 1. The molecule has 3 N–H and O–H groups in total. The van der Waals surface area contributed by atoms with Gasteiger partial charge in [-0.05, 0) is 26.3 Å². The maximum atomic E-state index is 11.1. The van der Waals surface area contributed by atoms with E-state index in [9.17, 15) is 4.79 Å². The number of aryl methyl sites for hydroxylation is 1. The zero-order valence-corrected chi connectivity index (χ0v) is 11.4. The lowest BCUT2D eigenvalue weighted by Gasteiger charge is -2.34. The number of anilines is 1. The molecular weight excluding hydrogens is 260 g/mol. The van der Waals surface area contributed by atoms with Crippen LogP contribution >= 0.6 is 0 Å². The first-order valence-electron chi connectivity index (χ1n) is 6.79. The number of aromatic carboxylic acids is 1. The number of nitrogens with two attached hydrogens (primary N) is 1. The van der Waals surface area contributed by atoms with E-state index in [2.05, 4.69) is 14.9 Å². The zero-order valence-electron chi connectivity index (χ0n) is 11.4. The molecule has 0 bridgehead atoms. The van der Waals surface area contributed by atoms with Crippen molar-refractivity contribution in [3.05, 3.63) is 17.1 Å². The summed E-state index contributed by atoms with van der Waals surface area (Å²) in [5.41, 5.74) is 6.09. The Kier molecular flexibility index (Phi) is 3.31. The molecular formula is C13H18N4O3. The van der Waals surface area contributed by atoms with E-state index in [0.717, 1.165) is 13.1 Å². The first-order chi connectivity index (χ1) is 9.56. The molecule has 0 aliphatic carbocycles. The molecule has 20 heavy (non-hydrogen) atoms. The van der Waals surface area contributed by atoms with Crippen molar-refractivity contribution in [2.75, 3.05) is 25.4 Å². The molecule has 2 aliphatic heterocycles. The van der Waals surface area contributed by atoms with Crippen LogP contribution in [0, 0.1) is 6.92 Å². The van der Waals surface area contributed by atoms with E-state index in [1.165, 1.54) is 12.8 Å². The van der Waals surface area contributed by atoms with Gasteiger partial charge in [0.25, 0.3) is 0 Å². The van der Waals surface area contributed by atoms with Gasteiger partial charge in [0.05, 0.1) is 12.3 Å². The predicted molar refractivity (Wildman–Crippen MR) is 71.4 cm³/mol. The molecule has 2 atom stereocenters. The van der Waals surface area contributed by atoms with Gasteiger partial charge in [-0.1, -0.05) is 0 Å². The Bertz CT molecular complexity index is 525. The average Bonchev–Trinajstić information content (AvgIpc) is 2.84. The summed E-state index contributed by atoms with van der Waals surface area (Å²) in [6.07, 6.45) is 2.14. The quantitative estimate of drug-likeness (QED) is 0.816. The molecule has 2 fully saturated rings. The second-order valence-electron chi connectivity index (χ2n) is 5.35. The Balaban J connectivity index is 1.86. The van der Waals surface area contributed by atoms with Crippen molar-refractivity contribution >= 4 is 11.8 Å². The number of morpholine rings is 1.